The first-order valence-corrected chi connectivity index (χ1v) is 11.3. The van der Waals surface area contributed by atoms with Gasteiger partial charge in [-0.25, -0.2) is 0 Å². The maximum Gasteiger partial charge on any atom is 0.272 e. The second-order valence-electron chi connectivity index (χ2n) is 7.39. The largest absolute Gasteiger partial charge is 0.493 e. The number of tetrazole rings is 1. The number of carbonyl (C=O) groups is 1. The normalized spacial score (nSPS) is 11.0. The Labute approximate surface area is 198 Å². The highest BCUT2D eigenvalue weighted by Crippen LogP contribution is 2.43. The van der Waals surface area contributed by atoms with Gasteiger partial charge in [-0.3, -0.25) is 10.1 Å². The van der Waals surface area contributed by atoms with E-state index >= 15 is 0 Å². The molecule has 9 nitrogen and oxygen atoms in total. The van der Waals surface area contributed by atoms with E-state index in [2.05, 4.69) is 50.2 Å². The minimum absolute atomic E-state index is 0.0827. The fourth-order valence-electron chi connectivity index (χ4n) is 3.84. The minimum Gasteiger partial charge on any atom is -0.493 e. The van der Waals surface area contributed by atoms with Gasteiger partial charge in [0.2, 0.25) is 0 Å². The Morgan fingerprint density at radius 1 is 1.03 bits per heavy atom. The number of nitrogens with zero attached hydrogens (tertiary/aromatic N) is 3. The summed E-state index contributed by atoms with van der Waals surface area (Å²) in [5, 5.41) is 19.2. The third-order valence-corrected chi connectivity index (χ3v) is 6.56. The molecule has 0 aliphatic heterocycles. The number of aromatic nitrogens is 4. The van der Waals surface area contributed by atoms with Crippen LogP contribution in [0.2, 0.25) is 0 Å². The number of H-pyrrole nitrogens is 1. The van der Waals surface area contributed by atoms with Crippen molar-refractivity contribution in [3.63, 3.8) is 0 Å². The van der Waals surface area contributed by atoms with Crippen molar-refractivity contribution in [2.45, 2.75) is 6.42 Å². The number of hydrogen-bond donors (Lipinski definition) is 2. The third-order valence-electron chi connectivity index (χ3n) is 5.42. The quantitative estimate of drug-likeness (QED) is 0.341. The van der Waals surface area contributed by atoms with Crippen molar-refractivity contribution in [2.75, 3.05) is 26.1 Å². The number of hydrogen-bond acceptors (Lipinski definition) is 8. The Kier molecular flexibility index (Phi) is 5.96. The van der Waals surface area contributed by atoms with Crippen LogP contribution in [0.25, 0.3) is 20.9 Å². The van der Waals surface area contributed by atoms with Crippen molar-refractivity contribution in [3.8, 4) is 17.2 Å². The van der Waals surface area contributed by atoms with Crippen LogP contribution < -0.4 is 19.5 Å². The number of fused-ring (bicyclic) bond motifs is 2. The van der Waals surface area contributed by atoms with Gasteiger partial charge in [-0.05, 0) is 27.6 Å². The smallest absolute Gasteiger partial charge is 0.272 e. The maximum absolute atomic E-state index is 13.1. The monoisotopic (exact) mass is 475 g/mol. The first-order valence-electron chi connectivity index (χ1n) is 10.5. The van der Waals surface area contributed by atoms with E-state index in [1.165, 1.54) is 27.7 Å². The number of thiophene rings is 1. The van der Waals surface area contributed by atoms with E-state index in [1.807, 2.05) is 30.3 Å². The summed E-state index contributed by atoms with van der Waals surface area (Å²) in [6, 6.07) is 18.1. The zero-order valence-corrected chi connectivity index (χ0v) is 19.3. The first-order chi connectivity index (χ1) is 16.7. The van der Waals surface area contributed by atoms with E-state index in [4.69, 9.17) is 14.2 Å². The Hall–Kier alpha value is -4.18. The van der Waals surface area contributed by atoms with Crippen LogP contribution >= 0.6 is 11.3 Å². The second kappa shape index (κ2) is 9.36. The van der Waals surface area contributed by atoms with E-state index in [-0.39, 0.29) is 11.9 Å². The third kappa shape index (κ3) is 4.11. The van der Waals surface area contributed by atoms with Crippen LogP contribution in [-0.4, -0.2) is 47.4 Å². The van der Waals surface area contributed by atoms with Gasteiger partial charge in [-0.1, -0.05) is 47.6 Å². The van der Waals surface area contributed by atoms with E-state index in [9.17, 15) is 4.79 Å². The number of nitrogens with one attached hydrogen (secondary N) is 2. The molecule has 0 radical (unpaired) electrons. The molecule has 0 atom stereocenters. The van der Waals surface area contributed by atoms with Crippen molar-refractivity contribution >= 4 is 44.1 Å². The number of ether oxygens (including phenoxy) is 3. The lowest BCUT2D eigenvalue weighted by atomic mass is 10.0. The molecule has 172 valence electrons. The van der Waals surface area contributed by atoms with Crippen molar-refractivity contribution < 1.29 is 19.0 Å². The lowest BCUT2D eigenvalue weighted by Gasteiger charge is -2.11. The van der Waals surface area contributed by atoms with Gasteiger partial charge in [0.05, 0.1) is 20.8 Å². The van der Waals surface area contributed by atoms with Gasteiger partial charge < -0.3 is 14.2 Å². The SMILES string of the molecule is COc1cc2sc(C(=O)Nc3nn[nH]n3)c(OCCc3cccc4ccccc34)c2cc1OC. The summed E-state index contributed by atoms with van der Waals surface area (Å²) in [7, 11) is 3.14. The van der Waals surface area contributed by atoms with Crippen molar-refractivity contribution in [1.82, 2.24) is 20.6 Å². The fourth-order valence-corrected chi connectivity index (χ4v) is 4.89. The van der Waals surface area contributed by atoms with Crippen LogP contribution in [-0.2, 0) is 6.42 Å². The summed E-state index contributed by atoms with van der Waals surface area (Å²) in [6.45, 7) is 0.386. The minimum atomic E-state index is -0.388. The number of carbonyl (C=O) groups excluding carboxylic acids is 1. The summed E-state index contributed by atoms with van der Waals surface area (Å²) in [6.07, 6.45) is 0.678. The molecule has 0 unspecified atom stereocenters. The second-order valence-corrected chi connectivity index (χ2v) is 8.44. The molecule has 5 aromatic rings. The van der Waals surface area contributed by atoms with E-state index in [1.54, 1.807) is 14.2 Å². The van der Waals surface area contributed by atoms with E-state index in [0.29, 0.717) is 35.2 Å². The summed E-state index contributed by atoms with van der Waals surface area (Å²) in [5.74, 6) is 1.29. The average Bonchev–Trinajstić information content (AvgIpc) is 3.51. The van der Waals surface area contributed by atoms with Gasteiger partial charge in [0.25, 0.3) is 11.9 Å². The zero-order chi connectivity index (χ0) is 23.5. The Balaban J connectivity index is 1.48. The molecule has 10 heteroatoms. The van der Waals surface area contributed by atoms with E-state index < -0.39 is 0 Å². The fraction of sp³-hybridized carbons (Fsp3) is 0.167. The van der Waals surface area contributed by atoms with Crippen LogP contribution in [0.1, 0.15) is 15.2 Å². The molecule has 0 bridgehead atoms. The van der Waals surface area contributed by atoms with Gasteiger partial charge in [0.1, 0.15) is 4.88 Å². The number of amides is 1. The molecule has 2 aromatic heterocycles. The van der Waals surface area contributed by atoms with Crippen LogP contribution in [0.3, 0.4) is 0 Å². The number of rotatable bonds is 8. The molecule has 34 heavy (non-hydrogen) atoms. The van der Waals surface area contributed by atoms with E-state index in [0.717, 1.165) is 10.1 Å². The molecule has 1 amide bonds. The topological polar surface area (TPSA) is 111 Å². The number of aromatic amines is 1. The van der Waals surface area contributed by atoms with Gasteiger partial charge in [0.15, 0.2) is 17.2 Å². The molecule has 0 saturated carbocycles. The lowest BCUT2D eigenvalue weighted by Crippen LogP contribution is -2.13. The summed E-state index contributed by atoms with van der Waals surface area (Å²) < 4.78 is 18.0. The Morgan fingerprint density at radius 3 is 2.62 bits per heavy atom. The van der Waals surface area contributed by atoms with Crippen LogP contribution in [0.15, 0.2) is 54.6 Å². The summed E-state index contributed by atoms with van der Waals surface area (Å²) in [4.78, 5) is 13.5. The van der Waals surface area contributed by atoms with Gasteiger partial charge in [-0.2, -0.15) is 5.21 Å². The summed E-state index contributed by atoms with van der Waals surface area (Å²) >= 11 is 1.29. The first kappa shape index (κ1) is 21.7. The predicted octanol–water partition coefficient (Wildman–Crippen LogP) is 4.46. The molecular weight excluding hydrogens is 454 g/mol. The molecule has 0 aliphatic rings. The average molecular weight is 476 g/mol. The van der Waals surface area contributed by atoms with Crippen molar-refractivity contribution in [3.05, 3.63) is 65.0 Å². The molecular formula is C24H21N5O4S. The van der Waals surface area contributed by atoms with Gasteiger partial charge in [-0.15, -0.1) is 16.4 Å². The molecule has 0 saturated heterocycles. The lowest BCUT2D eigenvalue weighted by molar-refractivity contribution is 0.102. The van der Waals surface area contributed by atoms with Crippen molar-refractivity contribution in [2.24, 2.45) is 0 Å². The van der Waals surface area contributed by atoms with Gasteiger partial charge in [0, 0.05) is 22.6 Å². The highest BCUT2D eigenvalue weighted by Gasteiger charge is 2.23. The molecule has 0 aliphatic carbocycles. The molecule has 5 rings (SSSR count). The number of methoxy groups -OCH3 is 2. The number of benzene rings is 3. The standard InChI is InChI=1S/C24H21N5O4S/c1-31-18-12-17-20(13-19(18)32-2)34-22(23(30)25-24-26-28-29-27-24)21(17)33-11-10-15-8-5-7-14-6-3-4-9-16(14)15/h3-9,12-13H,10-11H2,1-2H3,(H2,25,26,27,28,29,30). The zero-order valence-electron chi connectivity index (χ0n) is 18.5. The molecule has 2 heterocycles. The predicted molar refractivity (Wildman–Crippen MR) is 130 cm³/mol. The summed E-state index contributed by atoms with van der Waals surface area (Å²) in [5.41, 5.74) is 1.18. The highest BCUT2D eigenvalue weighted by atomic mass is 32.1. The van der Waals surface area contributed by atoms with Crippen LogP contribution in [0, 0.1) is 0 Å². The Bertz CT molecular complexity index is 1460. The highest BCUT2D eigenvalue weighted by molar-refractivity contribution is 7.21. The Morgan fingerprint density at radius 2 is 1.82 bits per heavy atom. The maximum atomic E-state index is 13.1. The number of anilines is 1. The molecule has 2 N–H and O–H groups in total. The van der Waals surface area contributed by atoms with Gasteiger partial charge >= 0.3 is 0 Å². The van der Waals surface area contributed by atoms with Crippen molar-refractivity contribution in [1.29, 1.82) is 0 Å². The van der Waals surface area contributed by atoms with Crippen LogP contribution in [0.5, 0.6) is 17.2 Å². The molecule has 0 spiro atoms. The van der Waals surface area contributed by atoms with Crippen LogP contribution in [0.4, 0.5) is 5.95 Å². The molecule has 0 fully saturated rings. The molecule has 3 aromatic carbocycles.